The maximum absolute atomic E-state index is 12.5. The molecule has 2 aromatic carbocycles. The molecule has 0 saturated heterocycles. The minimum Gasteiger partial charge on any atom is -0.438 e. The normalized spacial score (nSPS) is 13.5. The minimum atomic E-state index is -3.70. The molecule has 9 heteroatoms. The van der Waals surface area contributed by atoms with Gasteiger partial charge in [0.15, 0.2) is 0 Å². The molecule has 1 aliphatic carbocycles. The molecule has 1 heterocycles. The minimum absolute atomic E-state index is 0.158. The van der Waals surface area contributed by atoms with Gasteiger partial charge in [-0.15, -0.1) is 0 Å². The molecule has 0 atom stereocenters. The molecule has 1 aromatic heterocycles. The molecule has 0 aliphatic heterocycles. The van der Waals surface area contributed by atoms with Gasteiger partial charge in [-0.1, -0.05) is 15.9 Å². The molecule has 4 rings (SSSR count). The monoisotopic (exact) mass is 487 g/mol. The van der Waals surface area contributed by atoms with E-state index in [0.29, 0.717) is 17.0 Å². The average molecular weight is 488 g/mol. The summed E-state index contributed by atoms with van der Waals surface area (Å²) in [6, 6.07) is 16.3. The first-order valence-electron chi connectivity index (χ1n) is 9.23. The van der Waals surface area contributed by atoms with E-state index >= 15 is 0 Å². The highest BCUT2D eigenvalue weighted by atomic mass is 79.9. The number of anilines is 1. The summed E-state index contributed by atoms with van der Waals surface area (Å²) in [5.41, 5.74) is 0.738. The second-order valence-electron chi connectivity index (χ2n) is 6.79. The Morgan fingerprint density at radius 1 is 1.03 bits per heavy atom. The summed E-state index contributed by atoms with van der Waals surface area (Å²) in [5, 5.41) is 2.91. The summed E-state index contributed by atoms with van der Waals surface area (Å²) < 4.78 is 34.1. The van der Waals surface area contributed by atoms with Crippen molar-refractivity contribution in [2.75, 3.05) is 4.72 Å². The standard InChI is InChI=1S/C21H18BrN3O4S/c22-14-3-11-18(12-4-14)30(27,28)25-16-7-9-17(10-8-16)29-21-19(2-1-13-23-21)20(26)24-15-5-6-15/h1-4,7-13,15,25H,5-6H2,(H,24,26). The highest BCUT2D eigenvalue weighted by Gasteiger charge is 2.25. The van der Waals surface area contributed by atoms with Crippen LogP contribution >= 0.6 is 15.9 Å². The fourth-order valence-corrected chi connectivity index (χ4v) is 3.99. The van der Waals surface area contributed by atoms with Gasteiger partial charge >= 0.3 is 0 Å². The van der Waals surface area contributed by atoms with Crippen LogP contribution in [0.5, 0.6) is 11.6 Å². The first-order chi connectivity index (χ1) is 14.4. The fraction of sp³-hybridized carbons (Fsp3) is 0.143. The first-order valence-corrected chi connectivity index (χ1v) is 11.5. The predicted molar refractivity (Wildman–Crippen MR) is 116 cm³/mol. The van der Waals surface area contributed by atoms with E-state index < -0.39 is 10.0 Å². The van der Waals surface area contributed by atoms with Crippen LogP contribution in [-0.2, 0) is 10.0 Å². The molecule has 3 aromatic rings. The van der Waals surface area contributed by atoms with Crippen molar-refractivity contribution >= 4 is 37.5 Å². The van der Waals surface area contributed by atoms with Crippen LogP contribution in [0, 0.1) is 0 Å². The number of halogens is 1. The predicted octanol–water partition coefficient (Wildman–Crippen LogP) is 4.33. The number of hydrogen-bond acceptors (Lipinski definition) is 5. The van der Waals surface area contributed by atoms with Crippen LogP contribution in [0.25, 0.3) is 0 Å². The number of hydrogen-bond donors (Lipinski definition) is 2. The van der Waals surface area contributed by atoms with E-state index in [-0.39, 0.29) is 22.7 Å². The van der Waals surface area contributed by atoms with Gasteiger partial charge in [-0.3, -0.25) is 9.52 Å². The van der Waals surface area contributed by atoms with Crippen LogP contribution in [0.4, 0.5) is 5.69 Å². The molecular weight excluding hydrogens is 470 g/mol. The molecule has 1 aliphatic rings. The lowest BCUT2D eigenvalue weighted by molar-refractivity contribution is 0.0948. The number of amides is 1. The summed E-state index contributed by atoms with van der Waals surface area (Å²) in [6.07, 6.45) is 3.52. The van der Waals surface area contributed by atoms with Crippen molar-refractivity contribution in [3.05, 3.63) is 76.9 Å². The van der Waals surface area contributed by atoms with Gasteiger partial charge in [-0.2, -0.15) is 0 Å². The number of rotatable bonds is 7. The average Bonchev–Trinajstić information content (AvgIpc) is 3.54. The molecule has 0 radical (unpaired) electrons. The highest BCUT2D eigenvalue weighted by molar-refractivity contribution is 9.10. The lowest BCUT2D eigenvalue weighted by atomic mass is 10.2. The number of pyridine rings is 1. The van der Waals surface area contributed by atoms with Crippen LogP contribution in [0.3, 0.4) is 0 Å². The molecule has 7 nitrogen and oxygen atoms in total. The van der Waals surface area contributed by atoms with Gasteiger partial charge in [0.25, 0.3) is 15.9 Å². The Bertz CT molecular complexity index is 1160. The summed E-state index contributed by atoms with van der Waals surface area (Å²) >= 11 is 3.28. The topological polar surface area (TPSA) is 97.4 Å². The van der Waals surface area contributed by atoms with Gasteiger partial charge in [0, 0.05) is 22.4 Å². The van der Waals surface area contributed by atoms with Crippen molar-refractivity contribution in [1.82, 2.24) is 10.3 Å². The van der Waals surface area contributed by atoms with Gasteiger partial charge < -0.3 is 10.1 Å². The maximum atomic E-state index is 12.5. The third-order valence-corrected chi connectivity index (χ3v) is 6.30. The van der Waals surface area contributed by atoms with Crippen molar-refractivity contribution in [2.24, 2.45) is 0 Å². The van der Waals surface area contributed by atoms with Crippen LogP contribution in [0.15, 0.2) is 76.2 Å². The number of aromatic nitrogens is 1. The van der Waals surface area contributed by atoms with Crippen LogP contribution in [0.1, 0.15) is 23.2 Å². The Labute approximate surface area is 182 Å². The third-order valence-electron chi connectivity index (χ3n) is 4.37. The quantitative estimate of drug-likeness (QED) is 0.516. The number of carbonyl (C=O) groups excluding carboxylic acids is 1. The van der Waals surface area contributed by atoms with Crippen molar-refractivity contribution in [3.63, 3.8) is 0 Å². The maximum Gasteiger partial charge on any atom is 0.261 e. The van der Waals surface area contributed by atoms with E-state index in [4.69, 9.17) is 4.74 Å². The molecule has 154 valence electrons. The molecule has 30 heavy (non-hydrogen) atoms. The van der Waals surface area contributed by atoms with E-state index in [2.05, 4.69) is 31.0 Å². The largest absolute Gasteiger partial charge is 0.438 e. The van der Waals surface area contributed by atoms with Gasteiger partial charge in [-0.05, 0) is 73.5 Å². The van der Waals surface area contributed by atoms with Gasteiger partial charge in [-0.25, -0.2) is 13.4 Å². The molecule has 1 fully saturated rings. The van der Waals surface area contributed by atoms with Gasteiger partial charge in [0.05, 0.1) is 4.90 Å². The molecule has 0 bridgehead atoms. The Hall–Kier alpha value is -2.91. The number of ether oxygens (including phenoxy) is 1. The van der Waals surface area contributed by atoms with Crippen molar-refractivity contribution < 1.29 is 17.9 Å². The molecule has 1 amide bonds. The number of sulfonamides is 1. The molecule has 1 saturated carbocycles. The summed E-state index contributed by atoms with van der Waals surface area (Å²) in [5.74, 6) is 0.402. The van der Waals surface area contributed by atoms with Crippen molar-refractivity contribution in [1.29, 1.82) is 0 Å². The number of nitrogens with one attached hydrogen (secondary N) is 2. The smallest absolute Gasteiger partial charge is 0.261 e. The molecule has 0 unspecified atom stereocenters. The van der Waals surface area contributed by atoms with Crippen molar-refractivity contribution in [2.45, 2.75) is 23.8 Å². The summed E-state index contributed by atoms with van der Waals surface area (Å²) in [4.78, 5) is 16.7. The number of carbonyl (C=O) groups is 1. The second-order valence-corrected chi connectivity index (χ2v) is 9.39. The van der Waals surface area contributed by atoms with Gasteiger partial charge in [0.2, 0.25) is 5.88 Å². The lowest BCUT2D eigenvalue weighted by Gasteiger charge is -2.11. The van der Waals surface area contributed by atoms with Crippen molar-refractivity contribution in [3.8, 4) is 11.6 Å². The Kier molecular flexibility index (Phi) is 5.74. The molecular formula is C21H18BrN3O4S. The van der Waals surface area contributed by atoms with E-state index in [1.807, 2.05) is 0 Å². The van der Waals surface area contributed by atoms with E-state index in [9.17, 15) is 13.2 Å². The van der Waals surface area contributed by atoms with E-state index in [1.165, 1.54) is 12.1 Å². The van der Waals surface area contributed by atoms with Crippen LogP contribution in [-0.4, -0.2) is 25.4 Å². The zero-order valence-corrected chi connectivity index (χ0v) is 18.1. The first kappa shape index (κ1) is 20.4. The number of benzene rings is 2. The van der Waals surface area contributed by atoms with Crippen LogP contribution < -0.4 is 14.8 Å². The zero-order chi connectivity index (χ0) is 21.1. The SMILES string of the molecule is O=C(NC1CC1)c1cccnc1Oc1ccc(NS(=O)(=O)c2ccc(Br)cc2)cc1. The van der Waals surface area contributed by atoms with Gasteiger partial charge in [0.1, 0.15) is 11.3 Å². The molecule has 0 spiro atoms. The Morgan fingerprint density at radius 2 is 1.73 bits per heavy atom. The lowest BCUT2D eigenvalue weighted by Crippen LogP contribution is -2.25. The fourth-order valence-electron chi connectivity index (χ4n) is 2.67. The third kappa shape index (κ3) is 4.98. The summed E-state index contributed by atoms with van der Waals surface area (Å²) in [6.45, 7) is 0. The highest BCUT2D eigenvalue weighted by Crippen LogP contribution is 2.27. The Morgan fingerprint density at radius 3 is 2.40 bits per heavy atom. The number of nitrogens with zero attached hydrogens (tertiary/aromatic N) is 1. The van der Waals surface area contributed by atoms with Crippen LogP contribution in [0.2, 0.25) is 0 Å². The zero-order valence-electron chi connectivity index (χ0n) is 15.7. The van der Waals surface area contributed by atoms with E-state index in [0.717, 1.165) is 17.3 Å². The molecule has 2 N–H and O–H groups in total. The summed E-state index contributed by atoms with van der Waals surface area (Å²) in [7, 11) is -3.70. The van der Waals surface area contributed by atoms with E-state index in [1.54, 1.807) is 54.7 Å². The Balaban J connectivity index is 1.47. The second kappa shape index (κ2) is 8.45.